The van der Waals surface area contributed by atoms with Gasteiger partial charge in [0, 0.05) is 51.5 Å². The van der Waals surface area contributed by atoms with Gasteiger partial charge in [0.25, 0.3) is 12.4 Å². The minimum atomic E-state index is -2.82. The number of benzene rings is 1. The molecule has 0 aliphatic carbocycles. The van der Waals surface area contributed by atoms with E-state index in [-0.39, 0.29) is 24.0 Å². The smallest absolute Gasteiger partial charge is 0.297 e. The number of amides is 1. The average Bonchev–Trinajstić information content (AvgIpc) is 3.78. The predicted octanol–water partition coefficient (Wildman–Crippen LogP) is 3.79. The minimum Gasteiger partial charge on any atom is -0.459 e. The van der Waals surface area contributed by atoms with Gasteiger partial charge in [-0.15, -0.1) is 0 Å². The van der Waals surface area contributed by atoms with Gasteiger partial charge in [-0.2, -0.15) is 4.98 Å². The molecule has 2 aliphatic rings. The number of aromatic nitrogens is 4. The van der Waals surface area contributed by atoms with E-state index in [0.29, 0.717) is 66.5 Å². The molecule has 1 aromatic carbocycles. The van der Waals surface area contributed by atoms with E-state index in [2.05, 4.69) is 28.0 Å². The first-order chi connectivity index (χ1) is 22.3. The standard InChI is InChI=1S/C31H34F2N6O3.CH4O.CH2O/c1-5-9-22-23(6-2)39(24-13-15-37(19(4)40)16-18(24)3)31(34-22)41-20-12-14-38(17-20)30-27-26(35-29(36-30)28(32)33)21-10-7-8-11-25(21)42-27;2*1-2/h5-11,18,20,24,28H,1,12-17H2,2-4H3;2H,1H3;1H2/b22-9+,23-6+;;/t18?,20-,24+;;/m0../s1. The van der Waals surface area contributed by atoms with E-state index in [1.807, 2.05) is 53.9 Å². The fourth-order valence-electron chi connectivity index (χ4n) is 6.24. The number of aliphatic hydroxyl groups excluding tert-OH is 1. The van der Waals surface area contributed by atoms with Crippen LogP contribution in [0.4, 0.5) is 14.6 Å². The Balaban J connectivity index is 0.00000116. The quantitative estimate of drug-likeness (QED) is 0.336. The zero-order chi connectivity index (χ0) is 33.5. The second-order valence-corrected chi connectivity index (χ2v) is 11.0. The van der Waals surface area contributed by atoms with Crippen LogP contribution in [0.3, 0.4) is 0 Å². The van der Waals surface area contributed by atoms with Crippen molar-refractivity contribution < 1.29 is 32.6 Å². The second kappa shape index (κ2) is 15.1. The van der Waals surface area contributed by atoms with Crippen molar-refractivity contribution in [1.82, 2.24) is 24.4 Å². The van der Waals surface area contributed by atoms with Crippen LogP contribution in [-0.4, -0.2) is 81.6 Å². The summed E-state index contributed by atoms with van der Waals surface area (Å²) in [7, 11) is 1.00. The molecule has 0 spiro atoms. The van der Waals surface area contributed by atoms with E-state index in [0.717, 1.165) is 24.2 Å². The first kappa shape index (κ1) is 34.2. The summed E-state index contributed by atoms with van der Waals surface area (Å²) >= 11 is 0. The van der Waals surface area contributed by atoms with E-state index in [4.69, 9.17) is 24.0 Å². The number of furan rings is 1. The van der Waals surface area contributed by atoms with Gasteiger partial charge < -0.3 is 28.9 Å². The van der Waals surface area contributed by atoms with Crippen molar-refractivity contribution in [2.24, 2.45) is 5.92 Å². The van der Waals surface area contributed by atoms with Crippen LogP contribution in [0.1, 0.15) is 51.9 Å². The lowest BCUT2D eigenvalue weighted by Crippen LogP contribution is -2.45. The number of likely N-dealkylation sites (tertiary alicyclic amines) is 1. The van der Waals surface area contributed by atoms with Crippen molar-refractivity contribution in [3.05, 3.63) is 53.4 Å². The minimum absolute atomic E-state index is 0.0784. The molecule has 46 heavy (non-hydrogen) atoms. The summed E-state index contributed by atoms with van der Waals surface area (Å²) < 4.78 is 42.5. The Hall–Kier alpha value is -4.65. The number of fused-ring (bicyclic) bond motifs is 3. The first-order valence-corrected chi connectivity index (χ1v) is 15.0. The number of nitrogens with zero attached hydrogens (tertiary/aromatic N) is 6. The molecule has 0 radical (unpaired) electrons. The van der Waals surface area contributed by atoms with Crippen LogP contribution >= 0.6 is 0 Å². The van der Waals surface area contributed by atoms with Crippen molar-refractivity contribution in [1.29, 1.82) is 0 Å². The molecular formula is C33H40F2N6O5. The van der Waals surface area contributed by atoms with E-state index >= 15 is 0 Å². The van der Waals surface area contributed by atoms with Gasteiger partial charge in [-0.3, -0.25) is 9.36 Å². The van der Waals surface area contributed by atoms with Gasteiger partial charge in [0.1, 0.15) is 24.0 Å². The second-order valence-electron chi connectivity index (χ2n) is 11.0. The van der Waals surface area contributed by atoms with Crippen LogP contribution in [0.2, 0.25) is 0 Å². The molecule has 1 unspecified atom stereocenters. The Morgan fingerprint density at radius 3 is 2.52 bits per heavy atom. The van der Waals surface area contributed by atoms with Crippen LogP contribution in [0.15, 0.2) is 41.3 Å². The van der Waals surface area contributed by atoms with Crippen LogP contribution in [0.5, 0.6) is 6.01 Å². The Kier molecular flexibility index (Phi) is 11.2. The van der Waals surface area contributed by atoms with Gasteiger partial charge >= 0.3 is 0 Å². The summed E-state index contributed by atoms with van der Waals surface area (Å²) in [6, 6.07) is 7.85. The third-order valence-corrected chi connectivity index (χ3v) is 8.26. The molecule has 1 amide bonds. The summed E-state index contributed by atoms with van der Waals surface area (Å²) in [4.78, 5) is 37.1. The summed E-state index contributed by atoms with van der Waals surface area (Å²) in [5.74, 6) is 0.0800. The number of hydrogen-bond donors (Lipinski definition) is 1. The summed E-state index contributed by atoms with van der Waals surface area (Å²) in [5.41, 5.74) is 1.34. The Labute approximate surface area is 265 Å². The number of carbonyl (C=O) groups is 2. The molecule has 1 N–H and O–H groups in total. The fourth-order valence-corrected chi connectivity index (χ4v) is 6.24. The number of alkyl halides is 2. The van der Waals surface area contributed by atoms with Gasteiger partial charge in [0.2, 0.25) is 5.91 Å². The lowest BCUT2D eigenvalue weighted by atomic mass is 9.93. The van der Waals surface area contributed by atoms with Gasteiger partial charge in [-0.1, -0.05) is 37.8 Å². The Morgan fingerprint density at radius 1 is 1.13 bits per heavy atom. The SMILES string of the molecule is C=C/C=c1/nc(O[C@H]2CCN(c3nc(C(F)F)nc4c3oc3ccccc34)C2)n([C@@H]2CCN(C(C)=O)CC2C)/c1=C/C.C=O.CO. The zero-order valence-corrected chi connectivity index (χ0v) is 26.5. The molecule has 0 saturated carbocycles. The highest BCUT2D eigenvalue weighted by Crippen LogP contribution is 2.36. The summed E-state index contributed by atoms with van der Waals surface area (Å²) in [6.07, 6.45) is 3.93. The zero-order valence-electron chi connectivity index (χ0n) is 26.5. The molecule has 11 nitrogen and oxygen atoms in total. The van der Waals surface area contributed by atoms with Crippen LogP contribution in [0.25, 0.3) is 34.2 Å². The maximum atomic E-state index is 13.8. The van der Waals surface area contributed by atoms with Gasteiger partial charge in [-0.05, 0) is 37.5 Å². The molecule has 3 aromatic heterocycles. The largest absolute Gasteiger partial charge is 0.459 e. The topological polar surface area (TPSA) is 127 Å². The lowest BCUT2D eigenvalue weighted by Gasteiger charge is -2.37. The molecule has 2 saturated heterocycles. The van der Waals surface area contributed by atoms with Crippen LogP contribution in [-0.2, 0) is 9.59 Å². The van der Waals surface area contributed by atoms with Gasteiger partial charge in [0.15, 0.2) is 17.2 Å². The Morgan fingerprint density at radius 2 is 1.87 bits per heavy atom. The molecule has 2 fully saturated rings. The van der Waals surface area contributed by atoms with Gasteiger partial charge in [0.05, 0.1) is 17.2 Å². The van der Waals surface area contributed by atoms with Gasteiger partial charge in [-0.25, -0.2) is 18.7 Å². The van der Waals surface area contributed by atoms with E-state index in [1.54, 1.807) is 19.1 Å². The third kappa shape index (κ3) is 6.64. The number of imidazole rings is 1. The summed E-state index contributed by atoms with van der Waals surface area (Å²) in [6.45, 7) is 13.9. The monoisotopic (exact) mass is 638 g/mol. The number of aliphatic hydroxyl groups is 1. The number of carbonyl (C=O) groups excluding carboxylic acids is 2. The maximum absolute atomic E-state index is 13.8. The average molecular weight is 639 g/mol. The highest BCUT2D eigenvalue weighted by atomic mass is 19.3. The van der Waals surface area contributed by atoms with E-state index in [1.165, 1.54) is 0 Å². The van der Waals surface area contributed by atoms with Crippen molar-refractivity contribution >= 4 is 52.7 Å². The van der Waals surface area contributed by atoms with Crippen molar-refractivity contribution in [2.45, 2.75) is 52.2 Å². The molecule has 0 bridgehead atoms. The lowest BCUT2D eigenvalue weighted by molar-refractivity contribution is -0.131. The number of hydrogen-bond acceptors (Lipinski definition) is 9. The third-order valence-electron chi connectivity index (χ3n) is 8.26. The van der Waals surface area contributed by atoms with Crippen molar-refractivity contribution in [3.63, 3.8) is 0 Å². The first-order valence-electron chi connectivity index (χ1n) is 15.0. The number of rotatable bonds is 6. The Bertz CT molecular complexity index is 1810. The highest BCUT2D eigenvalue weighted by Gasteiger charge is 2.34. The molecule has 13 heteroatoms. The molecule has 2 aliphatic heterocycles. The number of anilines is 1. The number of allylic oxidation sites excluding steroid dienone is 1. The van der Waals surface area contributed by atoms with E-state index in [9.17, 15) is 13.6 Å². The molecule has 246 valence electrons. The molecule has 4 aromatic rings. The van der Waals surface area contributed by atoms with Crippen LogP contribution < -0.4 is 20.3 Å². The molecule has 5 heterocycles. The molecule has 3 atom stereocenters. The van der Waals surface area contributed by atoms with Crippen molar-refractivity contribution in [2.75, 3.05) is 38.2 Å². The molecular weight excluding hydrogens is 598 g/mol. The van der Waals surface area contributed by atoms with E-state index < -0.39 is 12.2 Å². The number of para-hydroxylation sites is 1. The van der Waals surface area contributed by atoms with Crippen LogP contribution in [0, 0.1) is 5.92 Å². The predicted molar refractivity (Wildman–Crippen MR) is 172 cm³/mol. The fraction of sp³-hybridized carbons (Fsp3) is 0.424. The molecule has 6 rings (SSSR count). The number of halogens is 2. The number of ether oxygens (including phenoxy) is 1. The normalized spacial score (nSPS) is 20.5. The van der Waals surface area contributed by atoms with Crippen molar-refractivity contribution in [3.8, 4) is 6.01 Å². The highest BCUT2D eigenvalue weighted by molar-refractivity contribution is 6.05. The number of piperidine rings is 1. The maximum Gasteiger partial charge on any atom is 0.297 e. The summed E-state index contributed by atoms with van der Waals surface area (Å²) in [5, 5.41) is 9.38.